The molecule has 12 rings (SSSR count). The second kappa shape index (κ2) is 17.6. The van der Waals surface area contributed by atoms with Crippen molar-refractivity contribution < 1.29 is 4.79 Å². The van der Waals surface area contributed by atoms with Crippen LogP contribution in [0.3, 0.4) is 0 Å². The number of anilines is 4. The summed E-state index contributed by atoms with van der Waals surface area (Å²) < 4.78 is 0. The lowest BCUT2D eigenvalue weighted by Crippen LogP contribution is -2.43. The van der Waals surface area contributed by atoms with Crippen LogP contribution in [0.4, 0.5) is 23.0 Å². The number of hydrogen-bond donors (Lipinski definition) is 0. The summed E-state index contributed by atoms with van der Waals surface area (Å²) in [5, 5.41) is 1.23. The molecule has 68 heavy (non-hydrogen) atoms. The largest absolute Gasteiger partial charge is 0.368 e. The van der Waals surface area contributed by atoms with Gasteiger partial charge in [0.1, 0.15) is 23.7 Å². The Balaban J connectivity index is 1.19. The van der Waals surface area contributed by atoms with Crippen molar-refractivity contribution in [3.05, 3.63) is 260 Å². The van der Waals surface area contributed by atoms with Crippen LogP contribution in [0.1, 0.15) is 56.6 Å². The zero-order valence-corrected chi connectivity index (χ0v) is 38.7. The summed E-state index contributed by atoms with van der Waals surface area (Å²) in [6, 6.07) is 61.5. The van der Waals surface area contributed by atoms with E-state index < -0.39 is 12.1 Å². The van der Waals surface area contributed by atoms with Gasteiger partial charge in [-0.05, 0) is 107 Å². The van der Waals surface area contributed by atoms with Crippen molar-refractivity contribution in [2.45, 2.75) is 38.0 Å². The van der Waals surface area contributed by atoms with E-state index in [9.17, 15) is 0 Å². The number of hydrogen-bond acceptors (Lipinski definition) is 7. The minimum atomic E-state index is -0.461. The molecule has 2 aromatic heterocycles. The second-order valence-corrected chi connectivity index (χ2v) is 18.7. The highest BCUT2D eigenvalue weighted by molar-refractivity contribution is 6.45. The smallest absolute Gasteiger partial charge is 0.198 e. The van der Waals surface area contributed by atoms with Gasteiger partial charge in [0.05, 0.1) is 22.5 Å². The topological polar surface area (TPSA) is 55.8 Å². The Morgan fingerprint density at radius 1 is 0.456 bits per heavy atom. The molecular weight excluding hydrogens is 880 g/mol. The molecule has 0 saturated heterocycles. The zero-order chi connectivity index (χ0) is 45.7. The van der Waals surface area contributed by atoms with Crippen molar-refractivity contribution in [3.63, 3.8) is 0 Å². The van der Waals surface area contributed by atoms with E-state index >= 15 is 4.79 Å². The molecule has 0 N–H and O–H groups in total. The molecule has 4 aliphatic rings. The fraction of sp³-hybridized carbons (Fsp3) is 0.136. The Hall–Kier alpha value is -7.45. The molecule has 8 aromatic rings. The minimum absolute atomic E-state index is 0.0745. The van der Waals surface area contributed by atoms with E-state index in [0.29, 0.717) is 59.0 Å². The van der Waals surface area contributed by atoms with Gasteiger partial charge in [0, 0.05) is 71.1 Å². The van der Waals surface area contributed by atoms with Crippen LogP contribution >= 0.6 is 23.2 Å². The lowest BCUT2D eigenvalue weighted by Gasteiger charge is -2.47. The molecule has 332 valence electrons. The monoisotopic (exact) mass is 924 g/mol. The van der Waals surface area contributed by atoms with Crippen molar-refractivity contribution in [1.29, 1.82) is 0 Å². The molecule has 2 atom stereocenters. The Morgan fingerprint density at radius 2 is 0.868 bits per heavy atom. The van der Waals surface area contributed by atoms with Gasteiger partial charge in [-0.15, -0.1) is 0 Å². The number of nitrogens with zero attached hydrogens (tertiary/aromatic N) is 6. The van der Waals surface area contributed by atoms with E-state index in [1.165, 1.54) is 22.3 Å². The summed E-state index contributed by atoms with van der Waals surface area (Å²) in [5.41, 5.74) is 13.6. The Morgan fingerprint density at radius 3 is 1.29 bits per heavy atom. The normalized spacial score (nSPS) is 17.6. The Bertz CT molecular complexity index is 3080. The van der Waals surface area contributed by atoms with Gasteiger partial charge in [-0.2, -0.15) is 0 Å². The van der Waals surface area contributed by atoms with Gasteiger partial charge in [0.2, 0.25) is 0 Å². The summed E-state index contributed by atoms with van der Waals surface area (Å²) in [5.74, 6) is 1.30. The van der Waals surface area contributed by atoms with Gasteiger partial charge in [-0.25, -0.2) is 9.97 Å². The number of rotatable bonds is 8. The minimum Gasteiger partial charge on any atom is -0.368 e. The van der Waals surface area contributed by atoms with Crippen LogP contribution < -0.4 is 9.80 Å². The average molecular weight is 926 g/mol. The first-order valence-electron chi connectivity index (χ1n) is 23.3. The van der Waals surface area contributed by atoms with Crippen molar-refractivity contribution in [1.82, 2.24) is 19.8 Å². The Labute approximate surface area is 406 Å². The van der Waals surface area contributed by atoms with E-state index in [1.54, 1.807) is 0 Å². The molecule has 0 saturated carbocycles. The number of aromatic nitrogens is 2. The van der Waals surface area contributed by atoms with Crippen LogP contribution in [0.15, 0.2) is 206 Å². The lowest BCUT2D eigenvalue weighted by molar-refractivity contribution is -0.109. The van der Waals surface area contributed by atoms with E-state index in [2.05, 4.69) is 141 Å². The number of allylic oxidation sites excluding steroid dienone is 2. The van der Waals surface area contributed by atoms with Gasteiger partial charge < -0.3 is 19.6 Å². The summed E-state index contributed by atoms with van der Waals surface area (Å²) in [4.78, 5) is 37.2. The molecule has 0 radical (unpaired) electrons. The molecule has 0 aliphatic carbocycles. The molecule has 6 aromatic carbocycles. The number of benzene rings is 6. The maximum Gasteiger partial charge on any atom is 0.198 e. The lowest BCUT2D eigenvalue weighted by atomic mass is 9.79. The highest BCUT2D eigenvalue weighted by atomic mass is 35.5. The number of Topliss-reactive ketones (excluding diaryl/α,β-unsaturated/α-hetero) is 1. The molecule has 0 bridgehead atoms. The van der Waals surface area contributed by atoms with Crippen LogP contribution in [0.2, 0.25) is 10.0 Å². The number of pyridine rings is 2. The fourth-order valence-corrected chi connectivity index (χ4v) is 11.3. The van der Waals surface area contributed by atoms with E-state index in [4.69, 9.17) is 33.2 Å². The predicted molar refractivity (Wildman–Crippen MR) is 274 cm³/mol. The molecule has 0 spiro atoms. The third-order valence-electron chi connectivity index (χ3n) is 13.9. The molecule has 0 fully saturated rings. The van der Waals surface area contributed by atoms with Crippen molar-refractivity contribution in [3.8, 4) is 0 Å². The van der Waals surface area contributed by atoms with E-state index in [1.807, 2.05) is 73.1 Å². The summed E-state index contributed by atoms with van der Waals surface area (Å²) in [6.07, 6.45) is 5.32. The van der Waals surface area contributed by atoms with Crippen LogP contribution in [-0.4, -0.2) is 38.6 Å². The number of carbonyl (C=O) groups excluding carboxylic acids is 1. The van der Waals surface area contributed by atoms with Crippen molar-refractivity contribution >= 4 is 63.1 Å². The van der Waals surface area contributed by atoms with E-state index in [-0.39, 0.29) is 5.78 Å². The first-order valence-corrected chi connectivity index (χ1v) is 24.0. The van der Waals surface area contributed by atoms with E-state index in [0.717, 1.165) is 57.9 Å². The number of halogens is 2. The van der Waals surface area contributed by atoms with Gasteiger partial charge in [-0.3, -0.25) is 4.79 Å². The summed E-state index contributed by atoms with van der Waals surface area (Å²) >= 11 is 13.7. The zero-order valence-electron chi connectivity index (χ0n) is 37.2. The summed E-state index contributed by atoms with van der Waals surface area (Å²) in [6.45, 7) is 2.70. The molecule has 0 amide bonds. The van der Waals surface area contributed by atoms with Crippen LogP contribution in [0.5, 0.6) is 0 Å². The molecule has 4 aliphatic heterocycles. The van der Waals surface area contributed by atoms with Crippen LogP contribution in [0.25, 0.3) is 11.1 Å². The maximum absolute atomic E-state index is 17.3. The third-order valence-corrected chi connectivity index (χ3v) is 14.4. The fourth-order valence-electron chi connectivity index (χ4n) is 11.0. The van der Waals surface area contributed by atoms with Crippen molar-refractivity contribution in [2.24, 2.45) is 0 Å². The second-order valence-electron chi connectivity index (χ2n) is 17.8. The standard InChI is InChI=1S/C59H46Cl2N6O/c60-45-23-11-25-47(35-45)66-53(41-17-3-1-4-18-41)55(64-33-29-39-15-7-9-21-43(39)37-64)51(49-27-13-31-62-58(49)66)57(68)52-50-28-14-32-63-59(50)67(48-26-12-24-46(61)36-48)54(42-19-5-2-6-20-42)56(52)65-34-30-40-16-8-10-22-44(40)38-65/h1-28,31-32,35-36,53-54H,29-30,33-34,37-38H2. The number of carbonyl (C=O) groups is 1. The highest BCUT2D eigenvalue weighted by Crippen LogP contribution is 2.55. The average Bonchev–Trinajstić information content (AvgIpc) is 3.39. The number of ketones is 1. The molecule has 7 nitrogen and oxygen atoms in total. The Kier molecular flexibility index (Phi) is 10.9. The predicted octanol–water partition coefficient (Wildman–Crippen LogP) is 13.4. The molecule has 2 unspecified atom stereocenters. The van der Waals surface area contributed by atoms with Gasteiger partial charge in [0.15, 0.2) is 5.78 Å². The van der Waals surface area contributed by atoms with Crippen molar-refractivity contribution in [2.75, 3.05) is 22.9 Å². The first kappa shape index (κ1) is 41.9. The number of fused-ring (bicyclic) bond motifs is 4. The highest BCUT2D eigenvalue weighted by Gasteiger charge is 2.47. The van der Waals surface area contributed by atoms with Crippen LogP contribution in [0, 0.1) is 0 Å². The van der Waals surface area contributed by atoms with Gasteiger partial charge in [-0.1, -0.05) is 145 Å². The summed E-state index contributed by atoms with van der Waals surface area (Å²) in [7, 11) is 0. The SMILES string of the molecule is O=C(C1=C(N2CCc3ccccc3C2)C(c2ccccc2)N(c2cccc(Cl)c2)c2ncccc21)C1=C(N2CCc3ccccc3C2)C(c2ccccc2)N(c2cccc(Cl)c2)c2ncccc21. The third kappa shape index (κ3) is 7.34. The molecular formula is C59H46Cl2N6O. The molecule has 9 heteroatoms. The van der Waals surface area contributed by atoms with Crippen LogP contribution in [-0.2, 0) is 30.7 Å². The quantitative estimate of drug-likeness (QED) is 0.150. The first-order chi connectivity index (χ1) is 33.5. The maximum atomic E-state index is 17.3. The van der Waals surface area contributed by atoms with Gasteiger partial charge >= 0.3 is 0 Å². The molecule has 6 heterocycles. The van der Waals surface area contributed by atoms with Gasteiger partial charge in [0.25, 0.3) is 0 Å².